The zero-order valence-electron chi connectivity index (χ0n) is 9.77. The van der Waals surface area contributed by atoms with Crippen molar-refractivity contribution in [3.8, 4) is 0 Å². The summed E-state index contributed by atoms with van der Waals surface area (Å²) in [6.45, 7) is 6.00. The van der Waals surface area contributed by atoms with Gasteiger partial charge in [0.2, 0.25) is 5.95 Å². The molecular formula is C10H18N6. The van der Waals surface area contributed by atoms with Crippen LogP contribution >= 0.6 is 0 Å². The maximum Gasteiger partial charge on any atom is 0.244 e. The lowest BCUT2D eigenvalue weighted by atomic mass is 10.5. The van der Waals surface area contributed by atoms with Gasteiger partial charge in [0.15, 0.2) is 5.82 Å². The van der Waals surface area contributed by atoms with E-state index in [0.717, 1.165) is 13.1 Å². The van der Waals surface area contributed by atoms with E-state index in [1.54, 1.807) is 12.3 Å². The summed E-state index contributed by atoms with van der Waals surface area (Å²) in [5.74, 6) is 1.23. The Morgan fingerprint density at radius 2 is 2.25 bits per heavy atom. The average Bonchev–Trinajstić information content (AvgIpc) is 2.26. The molecule has 0 aliphatic heterocycles. The number of nitrogens with one attached hydrogen (secondary N) is 2. The molecule has 6 nitrogen and oxygen atoms in total. The normalized spacial score (nSPS) is 10.2. The number of hydrogen-bond acceptors (Lipinski definition) is 6. The molecule has 2 N–H and O–H groups in total. The summed E-state index contributed by atoms with van der Waals surface area (Å²) < 4.78 is 0. The van der Waals surface area contributed by atoms with Gasteiger partial charge in [-0.3, -0.25) is 0 Å². The molecule has 0 spiro atoms. The van der Waals surface area contributed by atoms with Crippen molar-refractivity contribution in [1.82, 2.24) is 20.1 Å². The maximum absolute atomic E-state index is 4.24. The summed E-state index contributed by atoms with van der Waals surface area (Å²) in [7, 11) is 4.03. The largest absolute Gasteiger partial charge is 0.365 e. The van der Waals surface area contributed by atoms with Crippen LogP contribution in [-0.2, 0) is 0 Å². The van der Waals surface area contributed by atoms with Gasteiger partial charge in [0.05, 0.1) is 6.20 Å². The Morgan fingerprint density at radius 1 is 1.44 bits per heavy atom. The first-order chi connectivity index (χ1) is 7.72. The number of likely N-dealkylation sites (N-methyl/N-ethyl adjacent to an activating group) is 1. The number of hydrogen-bond donors (Lipinski definition) is 2. The van der Waals surface area contributed by atoms with Crippen molar-refractivity contribution >= 4 is 11.8 Å². The Balaban J connectivity index is 2.43. The van der Waals surface area contributed by atoms with Crippen molar-refractivity contribution in [2.24, 2.45) is 0 Å². The molecule has 0 aromatic carbocycles. The summed E-state index contributed by atoms with van der Waals surface area (Å²) in [5, 5.41) is 13.9. The molecule has 0 unspecified atom stereocenters. The van der Waals surface area contributed by atoms with Gasteiger partial charge in [-0.05, 0) is 14.1 Å². The molecule has 0 bridgehead atoms. The molecule has 0 radical (unpaired) electrons. The van der Waals surface area contributed by atoms with Crippen LogP contribution in [0.2, 0.25) is 0 Å². The van der Waals surface area contributed by atoms with Crippen LogP contribution in [0.25, 0.3) is 0 Å². The van der Waals surface area contributed by atoms with Crippen molar-refractivity contribution in [2.75, 3.05) is 44.4 Å². The molecule has 0 aliphatic carbocycles. The lowest BCUT2D eigenvalue weighted by Crippen LogP contribution is -2.21. The molecule has 0 saturated carbocycles. The van der Waals surface area contributed by atoms with Crippen molar-refractivity contribution in [1.29, 1.82) is 0 Å². The molecular weight excluding hydrogens is 204 g/mol. The highest BCUT2D eigenvalue weighted by atomic mass is 15.3. The highest BCUT2D eigenvalue weighted by Gasteiger charge is 1.98. The topological polar surface area (TPSA) is 66.0 Å². The van der Waals surface area contributed by atoms with Crippen LogP contribution in [0.15, 0.2) is 18.9 Å². The number of aromatic nitrogens is 3. The summed E-state index contributed by atoms with van der Waals surface area (Å²) >= 11 is 0. The fourth-order valence-corrected chi connectivity index (χ4v) is 1.03. The minimum Gasteiger partial charge on any atom is -0.365 e. The molecule has 1 aromatic rings. The molecule has 0 saturated heterocycles. The fourth-order valence-electron chi connectivity index (χ4n) is 1.03. The first-order valence-corrected chi connectivity index (χ1v) is 5.15. The molecule has 16 heavy (non-hydrogen) atoms. The summed E-state index contributed by atoms with van der Waals surface area (Å²) in [4.78, 5) is 6.33. The van der Waals surface area contributed by atoms with Crippen LogP contribution in [0.3, 0.4) is 0 Å². The van der Waals surface area contributed by atoms with E-state index in [2.05, 4.69) is 37.3 Å². The van der Waals surface area contributed by atoms with E-state index in [9.17, 15) is 0 Å². The number of nitrogens with zero attached hydrogens (tertiary/aromatic N) is 4. The van der Waals surface area contributed by atoms with E-state index in [4.69, 9.17) is 0 Å². The van der Waals surface area contributed by atoms with Gasteiger partial charge in [0.1, 0.15) is 0 Å². The Hall–Kier alpha value is -1.69. The van der Waals surface area contributed by atoms with Gasteiger partial charge < -0.3 is 15.5 Å². The quantitative estimate of drug-likeness (QED) is 0.653. The highest BCUT2D eigenvalue weighted by Crippen LogP contribution is 2.02. The molecule has 6 heteroatoms. The zero-order chi connectivity index (χ0) is 11.8. The third kappa shape index (κ3) is 4.70. The van der Waals surface area contributed by atoms with Gasteiger partial charge in [0, 0.05) is 19.6 Å². The minimum absolute atomic E-state index is 0.538. The lowest BCUT2D eigenvalue weighted by molar-refractivity contribution is 0.425. The summed E-state index contributed by atoms with van der Waals surface area (Å²) in [6, 6.07) is 0. The van der Waals surface area contributed by atoms with Gasteiger partial charge in [0.25, 0.3) is 0 Å². The van der Waals surface area contributed by atoms with E-state index >= 15 is 0 Å². The number of anilines is 2. The highest BCUT2D eigenvalue weighted by molar-refractivity contribution is 5.37. The smallest absolute Gasteiger partial charge is 0.244 e. The van der Waals surface area contributed by atoms with E-state index in [0.29, 0.717) is 18.3 Å². The average molecular weight is 222 g/mol. The van der Waals surface area contributed by atoms with Crippen molar-refractivity contribution in [3.05, 3.63) is 18.9 Å². The van der Waals surface area contributed by atoms with Crippen molar-refractivity contribution < 1.29 is 0 Å². The predicted octanol–water partition coefficient (Wildman–Crippen LogP) is 0.443. The van der Waals surface area contributed by atoms with E-state index < -0.39 is 0 Å². The van der Waals surface area contributed by atoms with Crippen LogP contribution in [0.5, 0.6) is 0 Å². The lowest BCUT2D eigenvalue weighted by Gasteiger charge is -2.10. The standard InChI is InChI=1S/C10H18N6/c1-4-5-11-9-8-13-15-10(14-9)12-6-7-16(2)3/h4,8H,1,5-7H2,2-3H3,(H2,11,12,14,15). The molecule has 1 heterocycles. The van der Waals surface area contributed by atoms with Gasteiger partial charge >= 0.3 is 0 Å². The second kappa shape index (κ2) is 6.73. The molecule has 1 aromatic heterocycles. The zero-order valence-corrected chi connectivity index (χ0v) is 9.77. The summed E-state index contributed by atoms with van der Waals surface area (Å²) in [6.07, 6.45) is 3.35. The molecule has 0 fully saturated rings. The van der Waals surface area contributed by atoms with Gasteiger partial charge in [-0.15, -0.1) is 11.7 Å². The Bertz CT molecular complexity index is 325. The monoisotopic (exact) mass is 222 g/mol. The predicted molar refractivity (Wildman–Crippen MR) is 65.6 cm³/mol. The second-order valence-corrected chi connectivity index (χ2v) is 3.56. The first kappa shape index (κ1) is 12.4. The Labute approximate surface area is 95.8 Å². The third-order valence-electron chi connectivity index (χ3n) is 1.83. The molecule has 0 aliphatic rings. The second-order valence-electron chi connectivity index (χ2n) is 3.56. The van der Waals surface area contributed by atoms with Crippen LogP contribution < -0.4 is 10.6 Å². The Kier molecular flexibility index (Phi) is 5.21. The van der Waals surface area contributed by atoms with Crippen molar-refractivity contribution in [3.63, 3.8) is 0 Å². The minimum atomic E-state index is 0.538. The van der Waals surface area contributed by atoms with E-state index in [-0.39, 0.29) is 0 Å². The Morgan fingerprint density at radius 3 is 2.94 bits per heavy atom. The molecule has 1 rings (SSSR count). The maximum atomic E-state index is 4.24. The molecule has 0 atom stereocenters. The SMILES string of the molecule is C=CCNc1cnnc(NCCN(C)C)n1. The van der Waals surface area contributed by atoms with E-state index in [1.807, 2.05) is 14.1 Å². The van der Waals surface area contributed by atoms with Gasteiger partial charge in [-0.25, -0.2) is 0 Å². The third-order valence-corrected chi connectivity index (χ3v) is 1.83. The fraction of sp³-hybridized carbons (Fsp3) is 0.500. The molecule has 88 valence electrons. The van der Waals surface area contributed by atoms with Crippen LogP contribution in [0.4, 0.5) is 11.8 Å². The van der Waals surface area contributed by atoms with E-state index in [1.165, 1.54) is 0 Å². The number of rotatable bonds is 7. The molecule has 0 amide bonds. The first-order valence-electron chi connectivity index (χ1n) is 5.15. The van der Waals surface area contributed by atoms with Crippen LogP contribution in [0, 0.1) is 0 Å². The van der Waals surface area contributed by atoms with Crippen LogP contribution in [0.1, 0.15) is 0 Å². The summed E-state index contributed by atoms with van der Waals surface area (Å²) in [5.41, 5.74) is 0. The van der Waals surface area contributed by atoms with Crippen LogP contribution in [-0.4, -0.2) is 53.8 Å². The van der Waals surface area contributed by atoms with Gasteiger partial charge in [-0.2, -0.15) is 10.1 Å². The van der Waals surface area contributed by atoms with Gasteiger partial charge in [-0.1, -0.05) is 6.08 Å². The van der Waals surface area contributed by atoms with Crippen molar-refractivity contribution in [2.45, 2.75) is 0 Å².